The summed E-state index contributed by atoms with van der Waals surface area (Å²) in [4.78, 5) is 13.0. The molecule has 188 valence electrons. The quantitative estimate of drug-likeness (QED) is 0.276. The molecule has 6 heteroatoms. The van der Waals surface area contributed by atoms with E-state index >= 15 is 0 Å². The molecule has 0 fully saturated rings. The summed E-state index contributed by atoms with van der Waals surface area (Å²) < 4.78 is 28.8. The van der Waals surface area contributed by atoms with Gasteiger partial charge in [-0.2, -0.15) is 0 Å². The summed E-state index contributed by atoms with van der Waals surface area (Å²) in [6.45, 7) is 2.06. The normalized spacial score (nSPS) is 13.4. The number of methoxy groups -OCH3 is 3. The summed E-state index contributed by atoms with van der Waals surface area (Å²) in [7, 11) is 4.88. The molecule has 5 rings (SSSR count). The molecule has 6 nitrogen and oxygen atoms in total. The predicted molar refractivity (Wildman–Crippen MR) is 143 cm³/mol. The first-order valence-corrected chi connectivity index (χ1v) is 12.0. The lowest BCUT2D eigenvalue weighted by Gasteiger charge is -2.37. The van der Waals surface area contributed by atoms with Crippen molar-refractivity contribution in [3.8, 4) is 23.0 Å². The zero-order valence-corrected chi connectivity index (χ0v) is 21.2. The summed E-state index contributed by atoms with van der Waals surface area (Å²) in [6.07, 6.45) is 3.92. The lowest BCUT2D eigenvalue weighted by molar-refractivity contribution is 0.0525. The van der Waals surface area contributed by atoms with Gasteiger partial charge in [0, 0.05) is 27.5 Å². The number of hydrogen-bond donors (Lipinski definition) is 0. The molecule has 0 N–H and O–H groups in total. The predicted octanol–water partition coefficient (Wildman–Crippen LogP) is 6.39. The highest BCUT2D eigenvalue weighted by atomic mass is 16.5. The van der Waals surface area contributed by atoms with Gasteiger partial charge in [-0.05, 0) is 55.5 Å². The van der Waals surface area contributed by atoms with Crippen LogP contribution in [0.1, 0.15) is 34.0 Å². The van der Waals surface area contributed by atoms with E-state index in [4.69, 9.17) is 23.7 Å². The topological polar surface area (TPSA) is 63.2 Å². The number of ether oxygens (including phenoxy) is 5. The molecule has 0 saturated heterocycles. The van der Waals surface area contributed by atoms with Crippen LogP contribution in [0.15, 0.2) is 78.9 Å². The SMILES string of the molecule is CCOC(=O)c1cc2c(OC)cccc2c2c1C=CC(c1ccc(OC)cc1)(c1ccc(OC)cc1)O2. The van der Waals surface area contributed by atoms with Gasteiger partial charge in [-0.1, -0.05) is 36.4 Å². The highest BCUT2D eigenvalue weighted by molar-refractivity contribution is 6.05. The summed E-state index contributed by atoms with van der Waals surface area (Å²) in [5, 5.41) is 1.60. The summed E-state index contributed by atoms with van der Waals surface area (Å²) in [5.41, 5.74) is 1.91. The van der Waals surface area contributed by atoms with Crippen molar-refractivity contribution in [1.82, 2.24) is 0 Å². The minimum absolute atomic E-state index is 0.268. The van der Waals surface area contributed by atoms with E-state index in [2.05, 4.69) is 0 Å². The van der Waals surface area contributed by atoms with E-state index in [1.807, 2.05) is 84.9 Å². The van der Waals surface area contributed by atoms with Gasteiger partial charge in [-0.15, -0.1) is 0 Å². The van der Waals surface area contributed by atoms with Crippen LogP contribution in [0.3, 0.4) is 0 Å². The van der Waals surface area contributed by atoms with E-state index < -0.39 is 11.6 Å². The molecule has 1 aliphatic heterocycles. The van der Waals surface area contributed by atoms with Crippen LogP contribution in [-0.2, 0) is 10.3 Å². The average Bonchev–Trinajstić information content (AvgIpc) is 2.96. The molecule has 0 saturated carbocycles. The van der Waals surface area contributed by atoms with Crippen molar-refractivity contribution in [2.24, 2.45) is 0 Å². The Morgan fingerprint density at radius 1 is 0.811 bits per heavy atom. The van der Waals surface area contributed by atoms with Crippen molar-refractivity contribution in [2.45, 2.75) is 12.5 Å². The van der Waals surface area contributed by atoms with E-state index in [-0.39, 0.29) is 6.61 Å². The molecule has 37 heavy (non-hydrogen) atoms. The van der Waals surface area contributed by atoms with E-state index in [0.717, 1.165) is 33.4 Å². The van der Waals surface area contributed by atoms with Crippen molar-refractivity contribution >= 4 is 22.8 Å². The first kappa shape index (κ1) is 24.3. The fraction of sp³-hybridized carbons (Fsp3) is 0.194. The Morgan fingerprint density at radius 2 is 1.43 bits per heavy atom. The van der Waals surface area contributed by atoms with Crippen LogP contribution in [0, 0.1) is 0 Å². The third-order valence-electron chi connectivity index (χ3n) is 6.63. The largest absolute Gasteiger partial charge is 0.497 e. The third kappa shape index (κ3) is 4.14. The molecule has 4 aromatic rings. The number of benzene rings is 4. The van der Waals surface area contributed by atoms with E-state index in [0.29, 0.717) is 22.6 Å². The number of rotatable bonds is 7. The highest BCUT2D eigenvalue weighted by Gasteiger charge is 2.39. The molecule has 0 bridgehead atoms. The van der Waals surface area contributed by atoms with Gasteiger partial charge in [-0.3, -0.25) is 0 Å². The fourth-order valence-electron chi connectivity index (χ4n) is 4.76. The molecule has 4 aromatic carbocycles. The van der Waals surface area contributed by atoms with Gasteiger partial charge >= 0.3 is 5.97 Å². The van der Waals surface area contributed by atoms with Crippen LogP contribution in [0.2, 0.25) is 0 Å². The minimum atomic E-state index is -0.977. The van der Waals surface area contributed by atoms with E-state index in [1.165, 1.54) is 0 Å². The van der Waals surface area contributed by atoms with E-state index in [9.17, 15) is 4.79 Å². The maximum atomic E-state index is 13.0. The molecule has 0 aliphatic carbocycles. The Labute approximate surface area is 216 Å². The van der Waals surface area contributed by atoms with Gasteiger partial charge in [0.15, 0.2) is 5.60 Å². The fourth-order valence-corrected chi connectivity index (χ4v) is 4.76. The zero-order chi connectivity index (χ0) is 26.0. The van der Waals surface area contributed by atoms with Gasteiger partial charge in [0.05, 0.1) is 33.5 Å². The van der Waals surface area contributed by atoms with E-state index in [1.54, 1.807) is 28.3 Å². The molecule has 0 radical (unpaired) electrons. The lowest BCUT2D eigenvalue weighted by Crippen LogP contribution is -2.34. The second-order valence-corrected chi connectivity index (χ2v) is 8.57. The highest BCUT2D eigenvalue weighted by Crippen LogP contribution is 2.48. The number of hydrogen-bond acceptors (Lipinski definition) is 6. The van der Waals surface area contributed by atoms with Crippen LogP contribution >= 0.6 is 0 Å². The summed E-state index contributed by atoms with van der Waals surface area (Å²) in [5.74, 6) is 2.29. The summed E-state index contributed by atoms with van der Waals surface area (Å²) in [6, 6.07) is 23.1. The first-order valence-electron chi connectivity index (χ1n) is 12.0. The van der Waals surface area contributed by atoms with Gasteiger partial charge in [0.1, 0.15) is 23.0 Å². The maximum Gasteiger partial charge on any atom is 0.338 e. The molecule has 0 aromatic heterocycles. The molecule has 0 amide bonds. The number of carbonyl (C=O) groups excluding carboxylic acids is 1. The Bertz CT molecular complexity index is 1420. The Hall–Kier alpha value is -4.45. The van der Waals surface area contributed by atoms with Gasteiger partial charge in [0.25, 0.3) is 0 Å². The van der Waals surface area contributed by atoms with Crippen molar-refractivity contribution < 1.29 is 28.5 Å². The van der Waals surface area contributed by atoms with Crippen molar-refractivity contribution in [3.05, 3.63) is 101 Å². The van der Waals surface area contributed by atoms with Crippen LogP contribution in [-0.4, -0.2) is 33.9 Å². The van der Waals surface area contributed by atoms with Gasteiger partial charge in [0.2, 0.25) is 0 Å². The van der Waals surface area contributed by atoms with Crippen LogP contribution in [0.5, 0.6) is 23.0 Å². The Balaban J connectivity index is 1.78. The molecule has 0 atom stereocenters. The van der Waals surface area contributed by atoms with Crippen LogP contribution < -0.4 is 18.9 Å². The second-order valence-electron chi connectivity index (χ2n) is 8.57. The second kappa shape index (κ2) is 9.90. The van der Waals surface area contributed by atoms with Gasteiger partial charge in [-0.25, -0.2) is 4.79 Å². The lowest BCUT2D eigenvalue weighted by atomic mass is 9.82. The first-order chi connectivity index (χ1) is 18.0. The van der Waals surface area contributed by atoms with Crippen LogP contribution in [0.25, 0.3) is 16.8 Å². The monoisotopic (exact) mass is 496 g/mol. The molecule has 0 spiro atoms. The van der Waals surface area contributed by atoms with Gasteiger partial charge < -0.3 is 23.7 Å². The maximum absolute atomic E-state index is 13.0. The zero-order valence-electron chi connectivity index (χ0n) is 21.2. The molecule has 0 unspecified atom stereocenters. The third-order valence-corrected chi connectivity index (χ3v) is 6.63. The number of carbonyl (C=O) groups is 1. The van der Waals surface area contributed by atoms with Crippen molar-refractivity contribution in [1.29, 1.82) is 0 Å². The number of esters is 1. The average molecular weight is 497 g/mol. The molecule has 1 heterocycles. The standard InChI is InChI=1S/C31H28O6/c1-5-36-30(32)27-19-26-24(7-6-8-28(26)35-4)29-25(27)17-18-31(37-29,20-9-13-22(33-2)14-10-20)21-11-15-23(34-3)16-12-21/h6-19H,5H2,1-4H3. The number of fused-ring (bicyclic) bond motifs is 3. The van der Waals surface area contributed by atoms with Crippen LogP contribution in [0.4, 0.5) is 0 Å². The molecular weight excluding hydrogens is 468 g/mol. The smallest absolute Gasteiger partial charge is 0.338 e. The summed E-state index contributed by atoms with van der Waals surface area (Å²) >= 11 is 0. The molecule has 1 aliphatic rings. The Morgan fingerprint density at radius 3 is 1.97 bits per heavy atom. The minimum Gasteiger partial charge on any atom is -0.497 e. The Kier molecular flexibility index (Phi) is 6.49. The van der Waals surface area contributed by atoms with Crippen molar-refractivity contribution in [2.75, 3.05) is 27.9 Å². The van der Waals surface area contributed by atoms with Crippen molar-refractivity contribution in [3.63, 3.8) is 0 Å². The molecular formula is C31H28O6.